The van der Waals surface area contributed by atoms with E-state index in [9.17, 15) is 19.2 Å². The van der Waals surface area contributed by atoms with Gasteiger partial charge in [0.05, 0.1) is 6.61 Å². The SMILES string of the molecule is COCCOC(=O)NC(CC(C)C)C(=O)NC(Cc1ccccc1)C(=O)C(=O)NC1Cc2ccccc2C1. The van der Waals surface area contributed by atoms with E-state index >= 15 is 0 Å². The van der Waals surface area contributed by atoms with Crippen molar-refractivity contribution in [1.29, 1.82) is 0 Å². The molecule has 2 aromatic carbocycles. The Morgan fingerprint density at radius 3 is 2.11 bits per heavy atom. The molecule has 0 aromatic heterocycles. The molecule has 2 aromatic rings. The van der Waals surface area contributed by atoms with Gasteiger partial charge in [-0.1, -0.05) is 68.4 Å². The predicted molar refractivity (Wildman–Crippen MR) is 142 cm³/mol. The summed E-state index contributed by atoms with van der Waals surface area (Å²) in [5.41, 5.74) is 3.10. The van der Waals surface area contributed by atoms with E-state index in [2.05, 4.69) is 16.0 Å². The largest absolute Gasteiger partial charge is 0.447 e. The molecular formula is C29H37N3O6. The quantitative estimate of drug-likeness (QED) is 0.274. The van der Waals surface area contributed by atoms with Crippen molar-refractivity contribution in [2.75, 3.05) is 20.3 Å². The van der Waals surface area contributed by atoms with Gasteiger partial charge in [0, 0.05) is 19.6 Å². The van der Waals surface area contributed by atoms with E-state index in [0.717, 1.165) is 16.7 Å². The first-order valence-corrected chi connectivity index (χ1v) is 12.9. The number of hydrogen-bond donors (Lipinski definition) is 3. The second-order valence-electron chi connectivity index (χ2n) is 9.92. The third kappa shape index (κ3) is 8.69. The van der Waals surface area contributed by atoms with Crippen LogP contribution in [0.4, 0.5) is 4.79 Å². The fraction of sp³-hybridized carbons (Fsp3) is 0.448. The van der Waals surface area contributed by atoms with Gasteiger partial charge in [0.25, 0.3) is 5.91 Å². The number of hydrogen-bond acceptors (Lipinski definition) is 6. The molecule has 2 atom stereocenters. The molecule has 0 saturated heterocycles. The van der Waals surface area contributed by atoms with Crippen LogP contribution in [0.5, 0.6) is 0 Å². The van der Waals surface area contributed by atoms with Crippen LogP contribution in [0.15, 0.2) is 54.6 Å². The Hall–Kier alpha value is -3.72. The van der Waals surface area contributed by atoms with Crippen LogP contribution in [-0.4, -0.2) is 62.1 Å². The van der Waals surface area contributed by atoms with Gasteiger partial charge in [-0.25, -0.2) is 4.79 Å². The molecule has 204 valence electrons. The number of Topliss-reactive ketones (excluding diaryl/α,β-unsaturated/α-hetero) is 1. The van der Waals surface area contributed by atoms with E-state index in [0.29, 0.717) is 19.3 Å². The lowest BCUT2D eigenvalue weighted by Crippen LogP contribution is -2.55. The number of amides is 3. The zero-order chi connectivity index (χ0) is 27.5. The van der Waals surface area contributed by atoms with E-state index in [1.165, 1.54) is 7.11 Å². The maximum Gasteiger partial charge on any atom is 0.407 e. The molecule has 2 unspecified atom stereocenters. The van der Waals surface area contributed by atoms with Crippen molar-refractivity contribution in [2.24, 2.45) is 5.92 Å². The smallest absolute Gasteiger partial charge is 0.407 e. The molecule has 9 heteroatoms. The van der Waals surface area contributed by atoms with Crippen molar-refractivity contribution in [3.63, 3.8) is 0 Å². The van der Waals surface area contributed by atoms with Gasteiger partial charge in [-0.05, 0) is 41.9 Å². The summed E-state index contributed by atoms with van der Waals surface area (Å²) < 4.78 is 9.92. The third-order valence-corrected chi connectivity index (χ3v) is 6.36. The van der Waals surface area contributed by atoms with Crippen LogP contribution in [0.3, 0.4) is 0 Å². The number of fused-ring (bicyclic) bond motifs is 1. The number of carbonyl (C=O) groups is 4. The minimum Gasteiger partial charge on any atom is -0.447 e. The first-order chi connectivity index (χ1) is 18.3. The molecule has 3 N–H and O–H groups in total. The Kier molecular flexibility index (Phi) is 10.8. The van der Waals surface area contributed by atoms with Crippen LogP contribution in [0.1, 0.15) is 37.0 Å². The molecule has 3 rings (SSSR count). The second kappa shape index (κ2) is 14.3. The molecule has 0 heterocycles. The summed E-state index contributed by atoms with van der Waals surface area (Å²) in [5, 5.41) is 8.14. The molecule has 38 heavy (non-hydrogen) atoms. The lowest BCUT2D eigenvalue weighted by atomic mass is 9.99. The number of ether oxygens (including phenoxy) is 2. The van der Waals surface area contributed by atoms with Crippen molar-refractivity contribution in [1.82, 2.24) is 16.0 Å². The van der Waals surface area contributed by atoms with Gasteiger partial charge in [-0.15, -0.1) is 0 Å². The molecule has 0 fully saturated rings. The predicted octanol–water partition coefficient (Wildman–Crippen LogP) is 2.35. The summed E-state index contributed by atoms with van der Waals surface area (Å²) in [4.78, 5) is 51.8. The maximum absolute atomic E-state index is 13.3. The molecule has 0 aliphatic heterocycles. The fourth-order valence-corrected chi connectivity index (χ4v) is 4.51. The van der Waals surface area contributed by atoms with Crippen LogP contribution in [0, 0.1) is 5.92 Å². The number of alkyl carbamates (subject to hydrolysis) is 1. The first kappa shape index (κ1) is 28.8. The highest BCUT2D eigenvalue weighted by Crippen LogP contribution is 2.21. The van der Waals surface area contributed by atoms with E-state index in [-0.39, 0.29) is 31.6 Å². The van der Waals surface area contributed by atoms with Crippen LogP contribution in [-0.2, 0) is 43.1 Å². The average molecular weight is 524 g/mol. The van der Waals surface area contributed by atoms with Crippen LogP contribution >= 0.6 is 0 Å². The van der Waals surface area contributed by atoms with Gasteiger partial charge in [0.15, 0.2) is 0 Å². The Morgan fingerprint density at radius 1 is 0.868 bits per heavy atom. The van der Waals surface area contributed by atoms with Gasteiger partial charge in [0.2, 0.25) is 11.7 Å². The van der Waals surface area contributed by atoms with Crippen LogP contribution in [0.2, 0.25) is 0 Å². The maximum atomic E-state index is 13.3. The molecule has 0 radical (unpaired) electrons. The standard InChI is InChI=1S/C29H37N3O6/c1-19(2)15-25(32-29(36)38-14-13-37-3)27(34)31-24(16-20-9-5-4-6-10-20)26(33)28(35)30-23-17-21-11-7-8-12-22(21)18-23/h4-12,19,23-25H,13-18H2,1-3H3,(H,30,35)(H,31,34)(H,32,36). The molecule has 1 aliphatic carbocycles. The minimum absolute atomic E-state index is 0.0404. The van der Waals surface area contributed by atoms with Crippen LogP contribution < -0.4 is 16.0 Å². The van der Waals surface area contributed by atoms with Crippen molar-refractivity contribution in [3.8, 4) is 0 Å². The first-order valence-electron chi connectivity index (χ1n) is 12.9. The molecule has 9 nitrogen and oxygen atoms in total. The summed E-state index contributed by atoms with van der Waals surface area (Å²) in [7, 11) is 1.49. The van der Waals surface area contributed by atoms with Gasteiger partial charge < -0.3 is 25.4 Å². The summed E-state index contributed by atoms with van der Waals surface area (Å²) in [5.74, 6) is -1.96. The van der Waals surface area contributed by atoms with Crippen LogP contribution in [0.25, 0.3) is 0 Å². The van der Waals surface area contributed by atoms with E-state index in [1.54, 1.807) is 0 Å². The van der Waals surface area contributed by atoms with E-state index in [4.69, 9.17) is 9.47 Å². The number of nitrogens with one attached hydrogen (secondary N) is 3. The summed E-state index contributed by atoms with van der Waals surface area (Å²) in [6, 6.07) is 14.9. The Labute approximate surface area is 223 Å². The Morgan fingerprint density at radius 2 is 1.50 bits per heavy atom. The molecule has 1 aliphatic rings. The second-order valence-corrected chi connectivity index (χ2v) is 9.92. The highest BCUT2D eigenvalue weighted by Gasteiger charge is 2.33. The topological polar surface area (TPSA) is 123 Å². The van der Waals surface area contributed by atoms with Gasteiger partial charge in [-0.2, -0.15) is 0 Å². The van der Waals surface area contributed by atoms with E-state index in [1.807, 2.05) is 68.4 Å². The lowest BCUT2D eigenvalue weighted by molar-refractivity contribution is -0.140. The van der Waals surface area contributed by atoms with Crippen molar-refractivity contribution < 1.29 is 28.7 Å². The summed E-state index contributed by atoms with van der Waals surface area (Å²) in [6.45, 7) is 4.09. The molecule has 0 spiro atoms. The third-order valence-electron chi connectivity index (χ3n) is 6.36. The van der Waals surface area contributed by atoms with Gasteiger partial charge >= 0.3 is 6.09 Å². The monoisotopic (exact) mass is 523 g/mol. The van der Waals surface area contributed by atoms with Crippen molar-refractivity contribution >= 4 is 23.7 Å². The molecular weight excluding hydrogens is 486 g/mol. The number of carbonyl (C=O) groups excluding carboxylic acids is 4. The molecule has 3 amide bonds. The molecule has 0 saturated carbocycles. The Balaban J connectivity index is 1.70. The number of ketones is 1. The zero-order valence-corrected chi connectivity index (χ0v) is 22.2. The van der Waals surface area contributed by atoms with Gasteiger partial charge in [-0.3, -0.25) is 14.4 Å². The summed E-state index contributed by atoms with van der Waals surface area (Å²) >= 11 is 0. The van der Waals surface area contributed by atoms with Crippen molar-refractivity contribution in [3.05, 3.63) is 71.3 Å². The van der Waals surface area contributed by atoms with E-state index < -0.39 is 35.8 Å². The minimum atomic E-state index is -1.10. The van der Waals surface area contributed by atoms with Crippen molar-refractivity contribution in [2.45, 2.75) is 57.7 Å². The fourth-order valence-electron chi connectivity index (χ4n) is 4.51. The van der Waals surface area contributed by atoms with Gasteiger partial charge in [0.1, 0.15) is 18.7 Å². The number of methoxy groups -OCH3 is 1. The Bertz CT molecular complexity index is 1080. The highest BCUT2D eigenvalue weighted by molar-refractivity contribution is 6.38. The molecule has 0 bridgehead atoms. The zero-order valence-electron chi connectivity index (χ0n) is 22.2. The number of benzene rings is 2. The lowest BCUT2D eigenvalue weighted by Gasteiger charge is -2.24. The average Bonchev–Trinajstić information content (AvgIpc) is 3.30. The number of rotatable bonds is 13. The highest BCUT2D eigenvalue weighted by atomic mass is 16.6. The summed E-state index contributed by atoms with van der Waals surface area (Å²) in [6.07, 6.45) is 1.00. The normalized spacial score (nSPS) is 14.3.